The lowest BCUT2D eigenvalue weighted by Gasteiger charge is -2.18. The maximum atomic E-state index is 12.1. The van der Waals surface area contributed by atoms with Crippen molar-refractivity contribution >= 4 is 6.47 Å². The van der Waals surface area contributed by atoms with Crippen LogP contribution in [0.3, 0.4) is 0 Å². The van der Waals surface area contributed by atoms with Crippen molar-refractivity contribution in [3.05, 3.63) is 0 Å². The lowest BCUT2D eigenvalue weighted by atomic mass is 10.2. The van der Waals surface area contributed by atoms with Gasteiger partial charge in [0, 0.05) is 6.42 Å². The van der Waals surface area contributed by atoms with Crippen LogP contribution in [0.4, 0.5) is 22.0 Å². The van der Waals surface area contributed by atoms with Gasteiger partial charge in [0.1, 0.15) is 0 Å². The second-order valence-corrected chi connectivity index (χ2v) is 2.27. The van der Waals surface area contributed by atoms with Gasteiger partial charge in [0.05, 0.1) is 6.61 Å². The van der Waals surface area contributed by atoms with Crippen molar-refractivity contribution in [1.29, 1.82) is 0 Å². The van der Waals surface area contributed by atoms with E-state index in [2.05, 4.69) is 4.74 Å². The van der Waals surface area contributed by atoms with Gasteiger partial charge in [-0.2, -0.15) is 22.0 Å². The molecule has 13 heavy (non-hydrogen) atoms. The summed E-state index contributed by atoms with van der Waals surface area (Å²) < 4.78 is 62.6. The van der Waals surface area contributed by atoms with Crippen molar-refractivity contribution < 1.29 is 31.5 Å². The zero-order chi connectivity index (χ0) is 10.5. The first-order chi connectivity index (χ1) is 5.81. The Morgan fingerprint density at radius 1 is 1.15 bits per heavy atom. The van der Waals surface area contributed by atoms with Gasteiger partial charge in [-0.3, -0.25) is 4.79 Å². The molecule has 0 aromatic carbocycles. The molecule has 0 saturated carbocycles. The molecule has 0 fully saturated rings. The second-order valence-electron chi connectivity index (χ2n) is 2.27. The van der Waals surface area contributed by atoms with Gasteiger partial charge in [-0.1, -0.05) is 0 Å². The summed E-state index contributed by atoms with van der Waals surface area (Å²) in [5, 5.41) is 0. The van der Waals surface area contributed by atoms with Crippen LogP contribution in [0.25, 0.3) is 0 Å². The third-order valence-electron chi connectivity index (χ3n) is 1.24. The van der Waals surface area contributed by atoms with Crippen molar-refractivity contribution in [2.24, 2.45) is 0 Å². The largest absolute Gasteiger partial charge is 0.468 e. The van der Waals surface area contributed by atoms with Crippen molar-refractivity contribution in [2.75, 3.05) is 6.61 Å². The van der Waals surface area contributed by atoms with Crippen molar-refractivity contribution in [3.8, 4) is 0 Å². The van der Waals surface area contributed by atoms with Gasteiger partial charge in [0.2, 0.25) is 0 Å². The van der Waals surface area contributed by atoms with Crippen LogP contribution in [-0.4, -0.2) is 25.2 Å². The fourth-order valence-corrected chi connectivity index (χ4v) is 0.567. The molecule has 0 aliphatic carbocycles. The number of hydrogen-bond acceptors (Lipinski definition) is 2. The van der Waals surface area contributed by atoms with E-state index in [1.807, 2.05) is 0 Å². The highest BCUT2D eigenvalue weighted by Crippen LogP contribution is 2.38. The minimum Gasteiger partial charge on any atom is -0.468 e. The smallest absolute Gasteiger partial charge is 0.453 e. The number of carbonyl (C=O) groups is 1. The van der Waals surface area contributed by atoms with Crippen LogP contribution in [0.1, 0.15) is 12.8 Å². The fraction of sp³-hybridized carbons (Fsp3) is 0.833. The van der Waals surface area contributed by atoms with Gasteiger partial charge >= 0.3 is 12.1 Å². The minimum atomic E-state index is -5.53. The Kier molecular flexibility index (Phi) is 4.09. The lowest BCUT2D eigenvalue weighted by Crippen LogP contribution is -2.36. The molecule has 0 atom stereocenters. The van der Waals surface area contributed by atoms with E-state index in [-0.39, 0.29) is 6.47 Å². The molecule has 0 unspecified atom stereocenters. The first kappa shape index (κ1) is 12.1. The van der Waals surface area contributed by atoms with Crippen LogP contribution in [0.15, 0.2) is 0 Å². The second kappa shape index (κ2) is 4.38. The normalized spacial score (nSPS) is 12.7. The summed E-state index contributed by atoms with van der Waals surface area (Å²) in [5.74, 6) is -4.71. The predicted molar refractivity (Wildman–Crippen MR) is 32.3 cm³/mol. The van der Waals surface area contributed by atoms with E-state index in [1.54, 1.807) is 0 Å². The molecule has 0 amide bonds. The standard InChI is InChI=1S/C6H7F5O2/c7-5(8,6(9,10)11)2-1-3-13-4-12/h4H,1-3H2. The highest BCUT2D eigenvalue weighted by molar-refractivity contribution is 5.36. The molecular weight excluding hydrogens is 199 g/mol. The SMILES string of the molecule is O=COCCCC(F)(F)C(F)(F)F. The van der Waals surface area contributed by atoms with E-state index in [9.17, 15) is 26.7 Å². The molecule has 0 heterocycles. The van der Waals surface area contributed by atoms with Gasteiger partial charge < -0.3 is 4.74 Å². The lowest BCUT2D eigenvalue weighted by molar-refractivity contribution is -0.284. The molecular formula is C6H7F5O2. The molecule has 0 rings (SSSR count). The Labute approximate surface area is 70.7 Å². The zero-order valence-corrected chi connectivity index (χ0v) is 6.40. The van der Waals surface area contributed by atoms with Crippen molar-refractivity contribution in [3.63, 3.8) is 0 Å². The van der Waals surface area contributed by atoms with Crippen LogP contribution in [0.5, 0.6) is 0 Å². The number of ether oxygens (including phenoxy) is 1. The molecule has 0 saturated heterocycles. The molecule has 0 aliphatic rings. The summed E-state index contributed by atoms with van der Waals surface area (Å²) in [6.07, 6.45) is -7.43. The monoisotopic (exact) mass is 206 g/mol. The van der Waals surface area contributed by atoms with Crippen LogP contribution < -0.4 is 0 Å². The van der Waals surface area contributed by atoms with Crippen LogP contribution in [0, 0.1) is 0 Å². The number of hydrogen-bond donors (Lipinski definition) is 0. The number of halogens is 5. The first-order valence-corrected chi connectivity index (χ1v) is 3.31. The Hall–Kier alpha value is -0.880. The van der Waals surface area contributed by atoms with E-state index in [1.165, 1.54) is 0 Å². The third-order valence-corrected chi connectivity index (χ3v) is 1.24. The van der Waals surface area contributed by atoms with Gasteiger partial charge in [0.25, 0.3) is 6.47 Å². The fourth-order valence-electron chi connectivity index (χ4n) is 0.567. The molecule has 0 aromatic heterocycles. The Bertz CT molecular complexity index is 165. The average Bonchev–Trinajstić information content (AvgIpc) is 1.96. The Balaban J connectivity index is 3.83. The molecule has 2 nitrogen and oxygen atoms in total. The first-order valence-electron chi connectivity index (χ1n) is 3.31. The highest BCUT2D eigenvalue weighted by atomic mass is 19.4. The topological polar surface area (TPSA) is 26.3 Å². The molecule has 0 N–H and O–H groups in total. The molecule has 7 heteroatoms. The Morgan fingerprint density at radius 3 is 2.08 bits per heavy atom. The van der Waals surface area contributed by atoms with E-state index in [0.29, 0.717) is 0 Å². The summed E-state index contributed by atoms with van der Waals surface area (Å²) in [5.41, 5.74) is 0. The van der Waals surface area contributed by atoms with E-state index >= 15 is 0 Å². The minimum absolute atomic E-state index is 0.00820. The number of alkyl halides is 5. The van der Waals surface area contributed by atoms with Gasteiger partial charge in [0.15, 0.2) is 0 Å². The molecule has 0 radical (unpaired) electrons. The van der Waals surface area contributed by atoms with E-state index < -0.39 is 31.5 Å². The predicted octanol–water partition coefficient (Wildman–Crippen LogP) is 2.14. The van der Waals surface area contributed by atoms with E-state index in [4.69, 9.17) is 0 Å². The number of carbonyl (C=O) groups excluding carboxylic acids is 1. The third kappa shape index (κ3) is 4.05. The summed E-state index contributed by atoms with van der Waals surface area (Å²) in [6, 6.07) is 0. The highest BCUT2D eigenvalue weighted by Gasteiger charge is 2.56. The van der Waals surface area contributed by atoms with Gasteiger partial charge in [-0.05, 0) is 6.42 Å². The summed E-state index contributed by atoms with van der Waals surface area (Å²) in [4.78, 5) is 9.49. The number of rotatable bonds is 5. The molecule has 0 aromatic rings. The molecule has 0 bridgehead atoms. The van der Waals surface area contributed by atoms with Gasteiger partial charge in [-0.15, -0.1) is 0 Å². The molecule has 78 valence electrons. The Morgan fingerprint density at radius 2 is 1.69 bits per heavy atom. The summed E-state index contributed by atoms with van der Waals surface area (Å²) >= 11 is 0. The maximum Gasteiger partial charge on any atom is 0.453 e. The summed E-state index contributed by atoms with van der Waals surface area (Å²) in [7, 11) is 0. The molecule has 0 spiro atoms. The van der Waals surface area contributed by atoms with Crippen molar-refractivity contribution in [2.45, 2.75) is 24.9 Å². The summed E-state index contributed by atoms with van der Waals surface area (Å²) in [6.45, 7) is -0.444. The van der Waals surface area contributed by atoms with Crippen LogP contribution in [0.2, 0.25) is 0 Å². The van der Waals surface area contributed by atoms with Crippen LogP contribution >= 0.6 is 0 Å². The molecule has 0 aliphatic heterocycles. The van der Waals surface area contributed by atoms with Crippen LogP contribution in [-0.2, 0) is 9.53 Å². The van der Waals surface area contributed by atoms with Gasteiger partial charge in [-0.25, -0.2) is 0 Å². The zero-order valence-electron chi connectivity index (χ0n) is 6.40. The maximum absolute atomic E-state index is 12.1. The van der Waals surface area contributed by atoms with Crippen molar-refractivity contribution in [1.82, 2.24) is 0 Å². The average molecular weight is 206 g/mol. The van der Waals surface area contributed by atoms with E-state index in [0.717, 1.165) is 0 Å². The quantitative estimate of drug-likeness (QED) is 0.391.